The molecule has 0 heterocycles. The highest BCUT2D eigenvalue weighted by atomic mass is 19.3. The van der Waals surface area contributed by atoms with Crippen molar-refractivity contribution >= 4 is 0 Å². The minimum absolute atomic E-state index is 0.0893. The predicted molar refractivity (Wildman–Crippen MR) is 68.5 cm³/mol. The Morgan fingerprint density at radius 3 is 2.71 bits per heavy atom. The third kappa shape index (κ3) is 6.97. The van der Waals surface area contributed by atoms with Crippen LogP contribution in [0.1, 0.15) is 58.8 Å². The van der Waals surface area contributed by atoms with Crippen LogP contribution in [0.15, 0.2) is 0 Å². The van der Waals surface area contributed by atoms with E-state index in [2.05, 4.69) is 19.2 Å². The number of nitrogens with one attached hydrogen (secondary N) is 1. The van der Waals surface area contributed by atoms with Crippen molar-refractivity contribution in [1.82, 2.24) is 5.32 Å². The van der Waals surface area contributed by atoms with Crippen molar-refractivity contribution in [3.63, 3.8) is 0 Å². The second kappa shape index (κ2) is 7.30. The van der Waals surface area contributed by atoms with E-state index in [4.69, 9.17) is 0 Å². The molecule has 0 saturated heterocycles. The molecule has 1 rings (SSSR count). The molecule has 3 heteroatoms. The molecule has 0 radical (unpaired) electrons. The standard InChI is InChI=1S/C14H27F2N/c1-12(2)6-3-4-9-17-11-13-7-5-8-14(15,16)10-13/h12-13,17H,3-11H2,1-2H3. The van der Waals surface area contributed by atoms with Crippen LogP contribution in [0.2, 0.25) is 0 Å². The molecule has 1 N–H and O–H groups in total. The zero-order chi connectivity index (χ0) is 12.7. The Morgan fingerprint density at radius 2 is 2.06 bits per heavy atom. The minimum Gasteiger partial charge on any atom is -0.316 e. The molecular weight excluding hydrogens is 220 g/mol. The van der Waals surface area contributed by atoms with Crippen molar-refractivity contribution in [3.8, 4) is 0 Å². The molecule has 0 bridgehead atoms. The SMILES string of the molecule is CC(C)CCCCNCC1CCCC(F)(F)C1. The molecule has 17 heavy (non-hydrogen) atoms. The van der Waals surface area contributed by atoms with Gasteiger partial charge in [0.15, 0.2) is 0 Å². The Labute approximate surface area is 104 Å². The van der Waals surface area contributed by atoms with Gasteiger partial charge in [0.05, 0.1) is 0 Å². The maximum absolute atomic E-state index is 13.1. The van der Waals surface area contributed by atoms with Gasteiger partial charge >= 0.3 is 0 Å². The van der Waals surface area contributed by atoms with Crippen LogP contribution in [-0.4, -0.2) is 19.0 Å². The topological polar surface area (TPSA) is 12.0 Å². The Kier molecular flexibility index (Phi) is 6.39. The van der Waals surface area contributed by atoms with Crippen LogP contribution in [-0.2, 0) is 0 Å². The van der Waals surface area contributed by atoms with Gasteiger partial charge in [-0.3, -0.25) is 0 Å². The third-order valence-corrected chi connectivity index (χ3v) is 3.56. The summed E-state index contributed by atoms with van der Waals surface area (Å²) in [5.74, 6) is -1.45. The predicted octanol–water partition coefficient (Wildman–Crippen LogP) is 4.23. The monoisotopic (exact) mass is 247 g/mol. The largest absolute Gasteiger partial charge is 0.316 e. The fourth-order valence-corrected chi connectivity index (χ4v) is 2.56. The molecule has 1 aliphatic carbocycles. The normalized spacial score (nSPS) is 24.2. The highest BCUT2D eigenvalue weighted by molar-refractivity contribution is 4.79. The number of alkyl halides is 2. The first-order valence-electron chi connectivity index (χ1n) is 7.08. The number of halogens is 2. The zero-order valence-corrected chi connectivity index (χ0v) is 11.3. The molecule has 0 aliphatic heterocycles. The molecule has 0 aromatic carbocycles. The van der Waals surface area contributed by atoms with Gasteiger partial charge in [0.25, 0.3) is 0 Å². The van der Waals surface area contributed by atoms with Crippen LogP contribution >= 0.6 is 0 Å². The number of hydrogen-bond donors (Lipinski definition) is 1. The molecule has 1 aliphatic rings. The lowest BCUT2D eigenvalue weighted by atomic mass is 9.86. The molecule has 0 spiro atoms. The summed E-state index contributed by atoms with van der Waals surface area (Å²) < 4.78 is 26.3. The van der Waals surface area contributed by atoms with Crippen LogP contribution in [0.25, 0.3) is 0 Å². The Balaban J connectivity index is 1.99. The smallest absolute Gasteiger partial charge is 0.248 e. The molecule has 1 saturated carbocycles. The number of rotatable bonds is 7. The summed E-state index contributed by atoms with van der Waals surface area (Å²) in [7, 11) is 0. The van der Waals surface area contributed by atoms with Gasteiger partial charge in [0, 0.05) is 12.8 Å². The first-order chi connectivity index (χ1) is 7.99. The highest BCUT2D eigenvalue weighted by Crippen LogP contribution is 2.36. The van der Waals surface area contributed by atoms with E-state index in [0.717, 1.165) is 25.4 Å². The first-order valence-corrected chi connectivity index (χ1v) is 7.08. The Bertz CT molecular complexity index is 204. The van der Waals surface area contributed by atoms with E-state index in [0.29, 0.717) is 6.42 Å². The zero-order valence-electron chi connectivity index (χ0n) is 11.3. The van der Waals surface area contributed by atoms with Gasteiger partial charge in [-0.05, 0) is 44.2 Å². The summed E-state index contributed by atoms with van der Waals surface area (Å²) >= 11 is 0. The van der Waals surface area contributed by atoms with Crippen LogP contribution in [0.5, 0.6) is 0 Å². The van der Waals surface area contributed by atoms with E-state index in [1.54, 1.807) is 0 Å². The van der Waals surface area contributed by atoms with Crippen LogP contribution < -0.4 is 5.32 Å². The molecule has 1 atom stereocenters. The van der Waals surface area contributed by atoms with Crippen molar-refractivity contribution in [2.75, 3.05) is 13.1 Å². The summed E-state index contributed by atoms with van der Waals surface area (Å²) in [6.45, 7) is 6.22. The van der Waals surface area contributed by atoms with Crippen molar-refractivity contribution in [2.45, 2.75) is 64.7 Å². The summed E-state index contributed by atoms with van der Waals surface area (Å²) in [4.78, 5) is 0. The molecular formula is C14H27F2N. The third-order valence-electron chi connectivity index (χ3n) is 3.56. The lowest BCUT2D eigenvalue weighted by Crippen LogP contribution is -2.32. The minimum atomic E-state index is -2.40. The van der Waals surface area contributed by atoms with Crippen LogP contribution in [0, 0.1) is 11.8 Å². The molecule has 1 unspecified atom stereocenters. The van der Waals surface area contributed by atoms with Gasteiger partial charge in [-0.1, -0.05) is 26.7 Å². The summed E-state index contributed by atoms with van der Waals surface area (Å²) in [5, 5.41) is 3.33. The van der Waals surface area contributed by atoms with Gasteiger partial charge < -0.3 is 5.32 Å². The lowest BCUT2D eigenvalue weighted by Gasteiger charge is -2.29. The number of unbranched alkanes of at least 4 members (excludes halogenated alkanes) is 1. The van der Waals surface area contributed by atoms with Gasteiger partial charge in [0.2, 0.25) is 5.92 Å². The van der Waals surface area contributed by atoms with Crippen LogP contribution in [0.4, 0.5) is 8.78 Å². The fraction of sp³-hybridized carbons (Fsp3) is 1.00. The first kappa shape index (κ1) is 14.9. The summed E-state index contributed by atoms with van der Waals surface area (Å²) in [5.41, 5.74) is 0. The summed E-state index contributed by atoms with van der Waals surface area (Å²) in [6.07, 6.45) is 5.52. The number of hydrogen-bond acceptors (Lipinski definition) is 1. The highest BCUT2D eigenvalue weighted by Gasteiger charge is 2.35. The maximum Gasteiger partial charge on any atom is 0.248 e. The van der Waals surface area contributed by atoms with E-state index >= 15 is 0 Å². The van der Waals surface area contributed by atoms with Gasteiger partial charge in [0.1, 0.15) is 0 Å². The quantitative estimate of drug-likeness (QED) is 0.664. The molecule has 0 aromatic heterocycles. The van der Waals surface area contributed by atoms with Crippen molar-refractivity contribution < 1.29 is 8.78 Å². The Hall–Kier alpha value is -0.180. The van der Waals surface area contributed by atoms with Gasteiger partial charge in [-0.15, -0.1) is 0 Å². The van der Waals surface area contributed by atoms with E-state index in [1.165, 1.54) is 19.3 Å². The second-order valence-electron chi connectivity index (χ2n) is 5.91. The van der Waals surface area contributed by atoms with E-state index < -0.39 is 5.92 Å². The van der Waals surface area contributed by atoms with Crippen molar-refractivity contribution in [1.29, 1.82) is 0 Å². The van der Waals surface area contributed by atoms with Crippen LogP contribution in [0.3, 0.4) is 0 Å². The summed E-state index contributed by atoms with van der Waals surface area (Å²) in [6, 6.07) is 0. The fourth-order valence-electron chi connectivity index (χ4n) is 2.56. The maximum atomic E-state index is 13.1. The molecule has 1 fully saturated rings. The van der Waals surface area contributed by atoms with E-state index in [1.807, 2.05) is 0 Å². The average molecular weight is 247 g/mol. The average Bonchev–Trinajstić information content (AvgIpc) is 2.21. The Morgan fingerprint density at radius 1 is 1.29 bits per heavy atom. The van der Waals surface area contributed by atoms with E-state index in [-0.39, 0.29) is 18.8 Å². The van der Waals surface area contributed by atoms with Crippen molar-refractivity contribution in [3.05, 3.63) is 0 Å². The van der Waals surface area contributed by atoms with E-state index in [9.17, 15) is 8.78 Å². The molecule has 102 valence electrons. The lowest BCUT2D eigenvalue weighted by molar-refractivity contribution is -0.0519. The van der Waals surface area contributed by atoms with Gasteiger partial charge in [-0.2, -0.15) is 0 Å². The van der Waals surface area contributed by atoms with Crippen molar-refractivity contribution in [2.24, 2.45) is 11.8 Å². The second-order valence-corrected chi connectivity index (χ2v) is 5.91. The molecule has 0 amide bonds. The van der Waals surface area contributed by atoms with Gasteiger partial charge in [-0.25, -0.2) is 8.78 Å². The molecule has 0 aromatic rings. The molecule has 1 nitrogen and oxygen atoms in total.